The van der Waals surface area contributed by atoms with Gasteiger partial charge in [-0.2, -0.15) is 4.98 Å². The molecule has 0 saturated heterocycles. The molecule has 0 amide bonds. The van der Waals surface area contributed by atoms with E-state index >= 15 is 0 Å². The second-order valence-electron chi connectivity index (χ2n) is 5.32. The minimum absolute atomic E-state index is 0.158. The Morgan fingerprint density at radius 1 is 1.20 bits per heavy atom. The van der Waals surface area contributed by atoms with Crippen molar-refractivity contribution >= 4 is 15.9 Å². The lowest BCUT2D eigenvalue weighted by Crippen LogP contribution is -2.17. The van der Waals surface area contributed by atoms with Crippen molar-refractivity contribution in [1.29, 1.82) is 0 Å². The van der Waals surface area contributed by atoms with Crippen molar-refractivity contribution in [1.82, 2.24) is 10.1 Å². The first kappa shape index (κ1) is 13.8. The van der Waals surface area contributed by atoms with Gasteiger partial charge < -0.3 is 9.63 Å². The highest BCUT2D eigenvalue weighted by atomic mass is 79.9. The molecule has 1 aromatic carbocycles. The van der Waals surface area contributed by atoms with E-state index in [4.69, 9.17) is 4.52 Å². The Kier molecular flexibility index (Phi) is 4.17. The predicted octanol–water partition coefficient (Wildman–Crippen LogP) is 3.44. The molecule has 20 heavy (non-hydrogen) atoms. The fraction of sp³-hybridized carbons (Fsp3) is 0.467. The van der Waals surface area contributed by atoms with Gasteiger partial charge in [0, 0.05) is 16.8 Å². The number of rotatable bonds is 3. The third-order valence-corrected chi connectivity index (χ3v) is 4.61. The van der Waals surface area contributed by atoms with Crippen LogP contribution in [0.3, 0.4) is 0 Å². The zero-order valence-corrected chi connectivity index (χ0v) is 12.7. The van der Waals surface area contributed by atoms with Gasteiger partial charge in [0.05, 0.1) is 6.10 Å². The van der Waals surface area contributed by atoms with Crippen molar-refractivity contribution in [2.75, 3.05) is 0 Å². The van der Waals surface area contributed by atoms with Crippen LogP contribution in [0.15, 0.2) is 33.3 Å². The van der Waals surface area contributed by atoms with Crippen LogP contribution in [-0.2, 0) is 6.42 Å². The molecule has 1 N–H and O–H groups in total. The minimum Gasteiger partial charge on any atom is -0.393 e. The lowest BCUT2D eigenvalue weighted by molar-refractivity contribution is 0.116. The van der Waals surface area contributed by atoms with Crippen molar-refractivity contribution < 1.29 is 9.63 Å². The lowest BCUT2D eigenvalue weighted by Gasteiger charge is -2.22. The summed E-state index contributed by atoms with van der Waals surface area (Å²) in [6.07, 6.45) is 4.02. The van der Waals surface area contributed by atoms with Crippen LogP contribution in [0.5, 0.6) is 0 Å². The highest BCUT2D eigenvalue weighted by Crippen LogP contribution is 2.32. The summed E-state index contributed by atoms with van der Waals surface area (Å²) in [5, 5.41) is 13.6. The van der Waals surface area contributed by atoms with Crippen LogP contribution in [-0.4, -0.2) is 21.4 Å². The molecule has 4 nitrogen and oxygen atoms in total. The number of aromatic nitrogens is 2. The molecule has 0 bridgehead atoms. The topological polar surface area (TPSA) is 59.2 Å². The van der Waals surface area contributed by atoms with Gasteiger partial charge in [-0.15, -0.1) is 0 Å². The molecule has 1 heterocycles. The number of hydrogen-bond donors (Lipinski definition) is 1. The van der Waals surface area contributed by atoms with E-state index in [1.165, 1.54) is 0 Å². The molecular weight excluding hydrogens is 320 g/mol. The maximum Gasteiger partial charge on any atom is 0.229 e. The Morgan fingerprint density at radius 3 is 2.70 bits per heavy atom. The third-order valence-electron chi connectivity index (χ3n) is 3.84. The van der Waals surface area contributed by atoms with Crippen molar-refractivity contribution in [3.05, 3.63) is 46.0 Å². The van der Waals surface area contributed by atoms with Gasteiger partial charge in [0.2, 0.25) is 5.89 Å². The van der Waals surface area contributed by atoms with E-state index < -0.39 is 0 Å². The molecule has 1 aliphatic rings. The van der Waals surface area contributed by atoms with Gasteiger partial charge in [0.25, 0.3) is 0 Å². The molecule has 3 rings (SSSR count). The van der Waals surface area contributed by atoms with Crippen LogP contribution in [0.1, 0.15) is 48.9 Å². The number of benzene rings is 1. The number of aliphatic hydroxyl groups is 1. The summed E-state index contributed by atoms with van der Waals surface area (Å²) in [7, 11) is 0. The van der Waals surface area contributed by atoms with Crippen molar-refractivity contribution in [3.8, 4) is 0 Å². The zero-order chi connectivity index (χ0) is 13.9. The quantitative estimate of drug-likeness (QED) is 0.932. The first-order valence-corrected chi connectivity index (χ1v) is 7.75. The Labute approximate surface area is 126 Å². The van der Waals surface area contributed by atoms with Gasteiger partial charge in [0.1, 0.15) is 0 Å². The summed E-state index contributed by atoms with van der Waals surface area (Å²) in [5.41, 5.74) is 1.15. The van der Waals surface area contributed by atoms with Crippen LogP contribution in [0.4, 0.5) is 0 Å². The van der Waals surface area contributed by atoms with E-state index in [2.05, 4.69) is 32.1 Å². The summed E-state index contributed by atoms with van der Waals surface area (Å²) in [6.45, 7) is 0. The van der Waals surface area contributed by atoms with Crippen molar-refractivity contribution in [2.24, 2.45) is 0 Å². The van der Waals surface area contributed by atoms with Gasteiger partial charge in [-0.1, -0.05) is 39.3 Å². The molecule has 2 aromatic rings. The normalized spacial score (nSPS) is 22.9. The van der Waals surface area contributed by atoms with E-state index in [1.807, 2.05) is 18.2 Å². The fourth-order valence-electron chi connectivity index (χ4n) is 2.64. The molecule has 5 heteroatoms. The van der Waals surface area contributed by atoms with Gasteiger partial charge >= 0.3 is 0 Å². The highest BCUT2D eigenvalue weighted by Gasteiger charge is 2.25. The average Bonchev–Trinajstić information content (AvgIpc) is 2.91. The van der Waals surface area contributed by atoms with Gasteiger partial charge in [-0.3, -0.25) is 0 Å². The summed E-state index contributed by atoms with van der Waals surface area (Å²) in [5.74, 6) is 1.75. The standard InChI is InChI=1S/C15H17BrN2O2/c16-13-4-2-1-3-11(13)9-14-17-15(20-18-14)10-5-7-12(19)8-6-10/h1-4,10,12,19H,5-9H2. The second kappa shape index (κ2) is 6.06. The summed E-state index contributed by atoms with van der Waals surface area (Å²) >= 11 is 3.53. The predicted molar refractivity (Wildman–Crippen MR) is 78.5 cm³/mol. The average molecular weight is 337 g/mol. The maximum absolute atomic E-state index is 9.53. The monoisotopic (exact) mass is 336 g/mol. The van der Waals surface area contributed by atoms with E-state index in [0.717, 1.165) is 47.4 Å². The third kappa shape index (κ3) is 3.10. The molecule has 0 aliphatic heterocycles. The van der Waals surface area contributed by atoms with Gasteiger partial charge in [-0.25, -0.2) is 0 Å². The molecular formula is C15H17BrN2O2. The van der Waals surface area contributed by atoms with Crippen molar-refractivity contribution in [3.63, 3.8) is 0 Å². The van der Waals surface area contributed by atoms with Crippen LogP contribution < -0.4 is 0 Å². The fourth-order valence-corrected chi connectivity index (χ4v) is 3.06. The number of nitrogens with zero attached hydrogens (tertiary/aromatic N) is 2. The van der Waals surface area contributed by atoms with Gasteiger partial charge in [0.15, 0.2) is 5.82 Å². The lowest BCUT2D eigenvalue weighted by atomic mass is 9.87. The van der Waals surface area contributed by atoms with Crippen molar-refractivity contribution in [2.45, 2.75) is 44.1 Å². The summed E-state index contributed by atoms with van der Waals surface area (Å²) in [6, 6.07) is 8.06. The number of aliphatic hydroxyl groups excluding tert-OH is 1. The minimum atomic E-state index is -0.158. The van der Waals surface area contributed by atoms with E-state index in [-0.39, 0.29) is 6.10 Å². The first-order chi connectivity index (χ1) is 9.72. The summed E-state index contributed by atoms with van der Waals surface area (Å²) in [4.78, 5) is 4.52. The molecule has 106 valence electrons. The molecule has 0 atom stereocenters. The Balaban J connectivity index is 1.69. The Morgan fingerprint density at radius 2 is 1.95 bits per heavy atom. The second-order valence-corrected chi connectivity index (χ2v) is 6.18. The van der Waals surface area contributed by atoms with E-state index in [0.29, 0.717) is 12.3 Å². The first-order valence-electron chi connectivity index (χ1n) is 6.96. The summed E-state index contributed by atoms with van der Waals surface area (Å²) < 4.78 is 6.46. The molecule has 0 unspecified atom stereocenters. The zero-order valence-electron chi connectivity index (χ0n) is 11.1. The number of hydrogen-bond acceptors (Lipinski definition) is 4. The van der Waals surface area contributed by atoms with Crippen LogP contribution in [0.2, 0.25) is 0 Å². The molecule has 0 spiro atoms. The largest absolute Gasteiger partial charge is 0.393 e. The SMILES string of the molecule is OC1CCC(c2nc(Cc3ccccc3Br)no2)CC1. The Bertz CT molecular complexity index is 577. The van der Waals surface area contributed by atoms with E-state index in [9.17, 15) is 5.11 Å². The number of halogens is 1. The maximum atomic E-state index is 9.53. The molecule has 1 fully saturated rings. The van der Waals surface area contributed by atoms with E-state index in [1.54, 1.807) is 0 Å². The Hall–Kier alpha value is -1.20. The molecule has 1 aromatic heterocycles. The van der Waals surface area contributed by atoms with Crippen LogP contribution in [0, 0.1) is 0 Å². The molecule has 1 saturated carbocycles. The molecule has 1 aliphatic carbocycles. The molecule has 0 radical (unpaired) electrons. The van der Waals surface area contributed by atoms with Crippen LogP contribution >= 0.6 is 15.9 Å². The van der Waals surface area contributed by atoms with Crippen LogP contribution in [0.25, 0.3) is 0 Å². The smallest absolute Gasteiger partial charge is 0.229 e. The van der Waals surface area contributed by atoms with Gasteiger partial charge in [-0.05, 0) is 37.3 Å². The highest BCUT2D eigenvalue weighted by molar-refractivity contribution is 9.10.